The Labute approximate surface area is 170 Å². The van der Waals surface area contributed by atoms with Crippen molar-refractivity contribution in [3.8, 4) is 5.75 Å². The minimum absolute atomic E-state index is 0.201. The van der Waals surface area contributed by atoms with E-state index in [1.165, 1.54) is 4.31 Å². The number of nitrogens with one attached hydrogen (secondary N) is 1. The van der Waals surface area contributed by atoms with E-state index in [0.29, 0.717) is 5.82 Å². The second kappa shape index (κ2) is 7.64. The molecule has 0 aliphatic carbocycles. The number of hydrogen-bond donors (Lipinski definition) is 1. The molecule has 4 aromatic rings. The number of anilines is 1. The quantitative estimate of drug-likeness (QED) is 0.496. The molecule has 0 fully saturated rings. The molecule has 4 rings (SSSR count). The topological polar surface area (TPSA) is 62.4 Å². The smallest absolute Gasteiger partial charge is 0.265 e. The molecule has 0 saturated carbocycles. The molecule has 0 aliphatic rings. The molecule has 29 heavy (non-hydrogen) atoms. The van der Waals surface area contributed by atoms with Crippen LogP contribution >= 0.6 is 0 Å². The van der Waals surface area contributed by atoms with Gasteiger partial charge in [-0.25, -0.2) is 12.7 Å². The molecule has 1 N–H and O–H groups in total. The molecule has 0 aliphatic heterocycles. The fourth-order valence-electron chi connectivity index (χ4n) is 3.23. The van der Waals surface area contributed by atoms with E-state index in [1.54, 1.807) is 19.2 Å². The number of para-hydroxylation sites is 1. The minimum Gasteiger partial charge on any atom is -0.497 e. The van der Waals surface area contributed by atoms with Crippen LogP contribution in [0, 0.1) is 6.92 Å². The van der Waals surface area contributed by atoms with Gasteiger partial charge < -0.3 is 9.72 Å². The molecule has 6 heteroatoms. The van der Waals surface area contributed by atoms with Crippen LogP contribution in [0.25, 0.3) is 10.9 Å². The van der Waals surface area contributed by atoms with Crippen molar-refractivity contribution in [2.75, 3.05) is 11.4 Å². The average molecular weight is 407 g/mol. The van der Waals surface area contributed by atoms with Crippen molar-refractivity contribution in [2.45, 2.75) is 18.4 Å². The molecule has 1 heterocycles. The zero-order valence-corrected chi connectivity index (χ0v) is 17.1. The van der Waals surface area contributed by atoms with E-state index >= 15 is 0 Å². The number of ether oxygens (including phenoxy) is 1. The molecule has 5 nitrogen and oxygen atoms in total. The Balaban J connectivity index is 1.80. The van der Waals surface area contributed by atoms with E-state index in [4.69, 9.17) is 4.74 Å². The van der Waals surface area contributed by atoms with Crippen molar-refractivity contribution in [3.63, 3.8) is 0 Å². The number of sulfonamides is 1. The fourth-order valence-corrected chi connectivity index (χ4v) is 4.64. The van der Waals surface area contributed by atoms with E-state index in [9.17, 15) is 8.42 Å². The summed E-state index contributed by atoms with van der Waals surface area (Å²) < 4.78 is 33.7. The van der Waals surface area contributed by atoms with Gasteiger partial charge in [0.1, 0.15) is 11.6 Å². The monoisotopic (exact) mass is 406 g/mol. The summed E-state index contributed by atoms with van der Waals surface area (Å²) in [7, 11) is -2.16. The SMILES string of the molecule is COc1ccc(CN(c2cc3ccccc3[nH]2)S(=O)(=O)c2ccc(C)cc2)cc1. The molecular weight excluding hydrogens is 384 g/mol. The zero-order chi connectivity index (χ0) is 20.4. The van der Waals surface area contributed by atoms with Gasteiger partial charge in [-0.15, -0.1) is 0 Å². The third-order valence-corrected chi connectivity index (χ3v) is 6.65. The van der Waals surface area contributed by atoms with Gasteiger partial charge in [0.2, 0.25) is 0 Å². The highest BCUT2D eigenvalue weighted by Crippen LogP contribution is 2.29. The average Bonchev–Trinajstić information content (AvgIpc) is 3.16. The van der Waals surface area contributed by atoms with Crippen LogP contribution < -0.4 is 9.04 Å². The van der Waals surface area contributed by atoms with Crippen LogP contribution in [0.1, 0.15) is 11.1 Å². The summed E-state index contributed by atoms with van der Waals surface area (Å²) >= 11 is 0. The van der Waals surface area contributed by atoms with Gasteiger partial charge in [0.25, 0.3) is 10.0 Å². The van der Waals surface area contributed by atoms with Gasteiger partial charge in [-0.1, -0.05) is 48.0 Å². The first-order chi connectivity index (χ1) is 14.0. The van der Waals surface area contributed by atoms with Crippen molar-refractivity contribution in [1.29, 1.82) is 0 Å². The predicted molar refractivity (Wildman–Crippen MR) is 116 cm³/mol. The number of aromatic amines is 1. The van der Waals surface area contributed by atoms with E-state index in [-0.39, 0.29) is 11.4 Å². The summed E-state index contributed by atoms with van der Waals surface area (Å²) in [5.41, 5.74) is 2.76. The molecule has 0 saturated heterocycles. The van der Waals surface area contributed by atoms with Gasteiger partial charge >= 0.3 is 0 Å². The Hall–Kier alpha value is -3.25. The van der Waals surface area contributed by atoms with Crippen molar-refractivity contribution >= 4 is 26.7 Å². The van der Waals surface area contributed by atoms with Crippen LogP contribution in [0.5, 0.6) is 5.75 Å². The first kappa shape index (κ1) is 19.1. The fraction of sp³-hybridized carbons (Fsp3) is 0.130. The lowest BCUT2D eigenvalue weighted by atomic mass is 10.2. The molecule has 0 bridgehead atoms. The molecule has 0 radical (unpaired) electrons. The van der Waals surface area contributed by atoms with E-state index in [1.807, 2.05) is 73.7 Å². The number of rotatable bonds is 6. The van der Waals surface area contributed by atoms with Crippen LogP contribution in [-0.2, 0) is 16.6 Å². The summed E-state index contributed by atoms with van der Waals surface area (Å²) in [6.45, 7) is 2.14. The van der Waals surface area contributed by atoms with Gasteiger partial charge in [0.05, 0.1) is 18.6 Å². The number of aromatic nitrogens is 1. The Kier molecular flexibility index (Phi) is 5.03. The van der Waals surface area contributed by atoms with Crippen LogP contribution in [0.2, 0.25) is 0 Å². The normalized spacial score (nSPS) is 11.5. The Morgan fingerprint density at radius 2 is 1.62 bits per heavy atom. The van der Waals surface area contributed by atoms with Crippen molar-refractivity contribution in [1.82, 2.24) is 4.98 Å². The second-order valence-electron chi connectivity index (χ2n) is 6.91. The Morgan fingerprint density at radius 3 is 2.28 bits per heavy atom. The standard InChI is InChI=1S/C23H22N2O3S/c1-17-7-13-21(14-8-17)29(26,27)25(16-18-9-11-20(28-2)12-10-18)23-15-19-5-3-4-6-22(19)24-23/h3-15,24H,16H2,1-2H3. The highest BCUT2D eigenvalue weighted by molar-refractivity contribution is 7.92. The molecule has 0 unspecified atom stereocenters. The largest absolute Gasteiger partial charge is 0.497 e. The number of hydrogen-bond acceptors (Lipinski definition) is 3. The number of fused-ring (bicyclic) bond motifs is 1. The predicted octanol–water partition coefficient (Wildman–Crippen LogP) is 4.88. The van der Waals surface area contributed by atoms with Crippen LogP contribution in [0.4, 0.5) is 5.82 Å². The van der Waals surface area contributed by atoms with E-state index in [2.05, 4.69) is 4.98 Å². The van der Waals surface area contributed by atoms with Gasteiger partial charge in [-0.2, -0.15) is 0 Å². The van der Waals surface area contributed by atoms with E-state index < -0.39 is 10.0 Å². The molecule has 3 aromatic carbocycles. The molecule has 1 aromatic heterocycles. The minimum atomic E-state index is -3.76. The third kappa shape index (κ3) is 3.84. The number of nitrogens with zero attached hydrogens (tertiary/aromatic N) is 1. The van der Waals surface area contributed by atoms with Crippen LogP contribution in [0.15, 0.2) is 83.8 Å². The van der Waals surface area contributed by atoms with Crippen molar-refractivity contribution < 1.29 is 13.2 Å². The number of aryl methyl sites for hydroxylation is 1. The summed E-state index contributed by atoms with van der Waals surface area (Å²) in [5.74, 6) is 1.26. The zero-order valence-electron chi connectivity index (χ0n) is 16.3. The summed E-state index contributed by atoms with van der Waals surface area (Å²) in [5, 5.41) is 0.960. The number of methoxy groups -OCH3 is 1. The summed E-state index contributed by atoms with van der Waals surface area (Å²) in [6, 6.07) is 23.9. The highest BCUT2D eigenvalue weighted by Gasteiger charge is 2.26. The maximum atomic E-state index is 13.5. The van der Waals surface area contributed by atoms with Gasteiger partial charge in [0, 0.05) is 10.9 Å². The first-order valence-electron chi connectivity index (χ1n) is 9.27. The Bertz CT molecular complexity index is 1190. The molecular formula is C23H22N2O3S. The van der Waals surface area contributed by atoms with Crippen LogP contribution in [-0.4, -0.2) is 20.5 Å². The maximum Gasteiger partial charge on any atom is 0.265 e. The van der Waals surface area contributed by atoms with Crippen molar-refractivity contribution in [2.24, 2.45) is 0 Å². The molecule has 0 atom stereocenters. The lowest BCUT2D eigenvalue weighted by molar-refractivity contribution is 0.414. The summed E-state index contributed by atoms with van der Waals surface area (Å²) in [6.07, 6.45) is 0. The molecule has 148 valence electrons. The van der Waals surface area contributed by atoms with Crippen LogP contribution in [0.3, 0.4) is 0 Å². The number of benzene rings is 3. The summed E-state index contributed by atoms with van der Waals surface area (Å²) in [4.78, 5) is 3.51. The number of H-pyrrole nitrogens is 1. The highest BCUT2D eigenvalue weighted by atomic mass is 32.2. The third-order valence-electron chi connectivity index (χ3n) is 4.88. The Morgan fingerprint density at radius 1 is 0.931 bits per heavy atom. The van der Waals surface area contributed by atoms with Gasteiger partial charge in [-0.3, -0.25) is 0 Å². The molecule has 0 amide bonds. The second-order valence-corrected chi connectivity index (χ2v) is 8.78. The first-order valence-corrected chi connectivity index (χ1v) is 10.7. The lowest BCUT2D eigenvalue weighted by Crippen LogP contribution is -2.30. The lowest BCUT2D eigenvalue weighted by Gasteiger charge is -2.23. The van der Waals surface area contributed by atoms with E-state index in [0.717, 1.165) is 27.8 Å². The molecule has 0 spiro atoms. The maximum absolute atomic E-state index is 13.5. The van der Waals surface area contributed by atoms with Gasteiger partial charge in [0.15, 0.2) is 0 Å². The van der Waals surface area contributed by atoms with Crippen molar-refractivity contribution in [3.05, 3.63) is 90.0 Å². The van der Waals surface area contributed by atoms with Gasteiger partial charge in [-0.05, 0) is 48.9 Å².